The molecule has 1 aromatic heterocycles. The molecule has 20 heavy (non-hydrogen) atoms. The summed E-state index contributed by atoms with van der Waals surface area (Å²) in [5.41, 5.74) is 1.42. The largest absolute Gasteiger partial charge is 0.496 e. The summed E-state index contributed by atoms with van der Waals surface area (Å²) < 4.78 is 18.4. The van der Waals surface area contributed by atoms with Gasteiger partial charge in [-0.3, -0.25) is 4.79 Å². The highest BCUT2D eigenvalue weighted by atomic mass is 19.1. The fraction of sp³-hybridized carbons (Fsp3) is 0.0625. The molecular formula is C16H12FNO2. The minimum Gasteiger partial charge on any atom is -0.496 e. The molecule has 0 amide bonds. The van der Waals surface area contributed by atoms with Gasteiger partial charge in [0.05, 0.1) is 18.2 Å². The van der Waals surface area contributed by atoms with Crippen LogP contribution in [0.2, 0.25) is 0 Å². The van der Waals surface area contributed by atoms with Crippen LogP contribution in [0.5, 0.6) is 5.75 Å². The van der Waals surface area contributed by atoms with E-state index in [0.717, 1.165) is 5.39 Å². The number of H-pyrrole nitrogens is 1. The van der Waals surface area contributed by atoms with E-state index in [9.17, 15) is 9.18 Å². The Morgan fingerprint density at radius 2 is 1.85 bits per heavy atom. The normalized spacial score (nSPS) is 10.7. The first kappa shape index (κ1) is 12.4. The van der Waals surface area contributed by atoms with Gasteiger partial charge in [-0.2, -0.15) is 0 Å². The number of benzene rings is 2. The number of pyridine rings is 1. The lowest BCUT2D eigenvalue weighted by Crippen LogP contribution is -2.09. The summed E-state index contributed by atoms with van der Waals surface area (Å²) in [6.07, 6.45) is 0. The Morgan fingerprint density at radius 1 is 1.05 bits per heavy atom. The number of aromatic nitrogens is 1. The Labute approximate surface area is 114 Å². The first-order valence-electron chi connectivity index (χ1n) is 6.15. The lowest BCUT2D eigenvalue weighted by molar-refractivity contribution is 0.416. The van der Waals surface area contributed by atoms with Gasteiger partial charge in [0.25, 0.3) is 5.56 Å². The second-order valence-corrected chi connectivity index (χ2v) is 4.44. The Kier molecular flexibility index (Phi) is 2.99. The van der Waals surface area contributed by atoms with Gasteiger partial charge in [0.1, 0.15) is 11.6 Å². The van der Waals surface area contributed by atoms with Gasteiger partial charge < -0.3 is 9.72 Å². The molecule has 0 bridgehead atoms. The first-order valence-corrected chi connectivity index (χ1v) is 6.15. The van der Waals surface area contributed by atoms with Crippen LogP contribution in [-0.2, 0) is 0 Å². The van der Waals surface area contributed by atoms with Crippen molar-refractivity contribution in [3.8, 4) is 16.9 Å². The molecule has 0 aliphatic heterocycles. The number of aromatic amines is 1. The Hall–Kier alpha value is -2.62. The molecular weight excluding hydrogens is 257 g/mol. The molecule has 1 heterocycles. The standard InChI is InChI=1S/C16H12FNO2/c1-20-15-5-3-2-4-12(15)13-8-10-6-7-11(17)9-14(10)18-16(13)19/h2-9H,1H3,(H,18,19). The molecule has 0 unspecified atom stereocenters. The van der Waals surface area contributed by atoms with Gasteiger partial charge in [-0.05, 0) is 35.7 Å². The quantitative estimate of drug-likeness (QED) is 0.775. The van der Waals surface area contributed by atoms with Crippen molar-refractivity contribution in [2.45, 2.75) is 0 Å². The number of para-hydroxylation sites is 1. The number of fused-ring (bicyclic) bond motifs is 1. The molecule has 0 saturated heterocycles. The number of hydrogen-bond acceptors (Lipinski definition) is 2. The SMILES string of the molecule is COc1ccccc1-c1cc2ccc(F)cc2[nH]c1=O. The topological polar surface area (TPSA) is 42.1 Å². The average Bonchev–Trinajstić information content (AvgIpc) is 2.46. The number of methoxy groups -OCH3 is 1. The Balaban J connectivity index is 2.29. The number of rotatable bonds is 2. The van der Waals surface area contributed by atoms with Crippen molar-refractivity contribution in [1.29, 1.82) is 0 Å². The van der Waals surface area contributed by atoms with Crippen LogP contribution in [0.3, 0.4) is 0 Å². The zero-order valence-corrected chi connectivity index (χ0v) is 10.8. The molecule has 3 nitrogen and oxygen atoms in total. The number of hydrogen-bond donors (Lipinski definition) is 1. The predicted molar refractivity (Wildman–Crippen MR) is 76.5 cm³/mol. The van der Waals surface area contributed by atoms with E-state index in [1.165, 1.54) is 12.1 Å². The number of ether oxygens (including phenoxy) is 1. The summed E-state index contributed by atoms with van der Waals surface area (Å²) in [6.45, 7) is 0. The summed E-state index contributed by atoms with van der Waals surface area (Å²) in [5, 5.41) is 0.770. The highest BCUT2D eigenvalue weighted by Crippen LogP contribution is 2.28. The fourth-order valence-corrected chi connectivity index (χ4v) is 2.24. The molecule has 0 aliphatic rings. The molecule has 2 aromatic carbocycles. The third kappa shape index (κ3) is 2.05. The van der Waals surface area contributed by atoms with Crippen LogP contribution in [0.1, 0.15) is 0 Å². The summed E-state index contributed by atoms with van der Waals surface area (Å²) in [7, 11) is 1.56. The van der Waals surface area contributed by atoms with Gasteiger partial charge in [-0.25, -0.2) is 4.39 Å². The van der Waals surface area contributed by atoms with Crippen molar-refractivity contribution in [2.75, 3.05) is 7.11 Å². The summed E-state index contributed by atoms with van der Waals surface area (Å²) >= 11 is 0. The van der Waals surface area contributed by atoms with E-state index < -0.39 is 0 Å². The van der Waals surface area contributed by atoms with Crippen molar-refractivity contribution in [3.63, 3.8) is 0 Å². The van der Waals surface area contributed by atoms with Crippen molar-refractivity contribution < 1.29 is 9.13 Å². The minimum atomic E-state index is -0.377. The maximum atomic E-state index is 13.2. The van der Waals surface area contributed by atoms with E-state index in [-0.39, 0.29) is 11.4 Å². The second-order valence-electron chi connectivity index (χ2n) is 4.44. The molecule has 0 spiro atoms. The van der Waals surface area contributed by atoms with E-state index >= 15 is 0 Å². The van der Waals surface area contributed by atoms with Crippen LogP contribution < -0.4 is 10.3 Å². The second kappa shape index (κ2) is 4.81. The smallest absolute Gasteiger partial charge is 0.256 e. The molecule has 3 rings (SSSR count). The van der Waals surface area contributed by atoms with Crippen molar-refractivity contribution in [1.82, 2.24) is 4.98 Å². The molecule has 100 valence electrons. The third-order valence-electron chi connectivity index (χ3n) is 3.21. The van der Waals surface area contributed by atoms with Gasteiger partial charge >= 0.3 is 0 Å². The summed E-state index contributed by atoms with van der Waals surface area (Å²) in [6, 6.07) is 13.3. The molecule has 0 atom stereocenters. The molecule has 0 aliphatic carbocycles. The van der Waals surface area contributed by atoms with E-state index in [4.69, 9.17) is 4.74 Å². The highest BCUT2D eigenvalue weighted by molar-refractivity contribution is 5.84. The maximum Gasteiger partial charge on any atom is 0.256 e. The van der Waals surface area contributed by atoms with Crippen molar-refractivity contribution in [3.05, 3.63) is 64.7 Å². The third-order valence-corrected chi connectivity index (χ3v) is 3.21. The molecule has 3 aromatic rings. The van der Waals surface area contributed by atoms with Crippen LogP contribution in [0, 0.1) is 5.82 Å². The van der Waals surface area contributed by atoms with E-state index in [2.05, 4.69) is 4.98 Å². The predicted octanol–water partition coefficient (Wildman–Crippen LogP) is 3.34. The minimum absolute atomic E-state index is 0.271. The van der Waals surface area contributed by atoms with Crippen LogP contribution in [0.25, 0.3) is 22.0 Å². The fourth-order valence-electron chi connectivity index (χ4n) is 2.24. The first-order chi connectivity index (χ1) is 9.69. The van der Waals surface area contributed by atoms with Gasteiger partial charge in [-0.1, -0.05) is 18.2 Å². The van der Waals surface area contributed by atoms with E-state index in [1.807, 2.05) is 18.2 Å². The zero-order valence-electron chi connectivity index (χ0n) is 10.8. The van der Waals surface area contributed by atoms with Gasteiger partial charge in [0.2, 0.25) is 0 Å². The van der Waals surface area contributed by atoms with Gasteiger partial charge in [0.15, 0.2) is 0 Å². The zero-order chi connectivity index (χ0) is 14.1. The van der Waals surface area contributed by atoms with Crippen molar-refractivity contribution in [2.24, 2.45) is 0 Å². The van der Waals surface area contributed by atoms with E-state index in [0.29, 0.717) is 22.4 Å². The van der Waals surface area contributed by atoms with Gasteiger partial charge in [-0.15, -0.1) is 0 Å². The number of nitrogens with one attached hydrogen (secondary N) is 1. The molecule has 1 N–H and O–H groups in total. The summed E-state index contributed by atoms with van der Waals surface area (Å²) in [5.74, 6) is 0.248. The van der Waals surface area contributed by atoms with Crippen LogP contribution in [-0.4, -0.2) is 12.1 Å². The van der Waals surface area contributed by atoms with E-state index in [1.54, 1.807) is 25.3 Å². The highest BCUT2D eigenvalue weighted by Gasteiger charge is 2.10. The monoisotopic (exact) mass is 269 g/mol. The maximum absolute atomic E-state index is 13.2. The van der Waals surface area contributed by atoms with Crippen LogP contribution >= 0.6 is 0 Å². The molecule has 4 heteroatoms. The Bertz CT molecular complexity index is 839. The number of halogens is 1. The lowest BCUT2D eigenvalue weighted by atomic mass is 10.0. The Morgan fingerprint density at radius 3 is 2.65 bits per heavy atom. The molecule has 0 radical (unpaired) electrons. The molecule has 0 saturated carbocycles. The average molecular weight is 269 g/mol. The van der Waals surface area contributed by atoms with Crippen LogP contribution in [0.15, 0.2) is 53.3 Å². The summed E-state index contributed by atoms with van der Waals surface area (Å²) in [4.78, 5) is 14.9. The van der Waals surface area contributed by atoms with Crippen molar-refractivity contribution >= 4 is 10.9 Å². The van der Waals surface area contributed by atoms with Crippen LogP contribution in [0.4, 0.5) is 4.39 Å². The molecule has 0 fully saturated rings. The van der Waals surface area contributed by atoms with Gasteiger partial charge in [0, 0.05) is 5.56 Å². The lowest BCUT2D eigenvalue weighted by Gasteiger charge is -2.08.